The lowest BCUT2D eigenvalue weighted by Crippen LogP contribution is -1.96. The Morgan fingerprint density at radius 3 is 3.08 bits per heavy atom. The second kappa shape index (κ2) is 2.59. The highest BCUT2D eigenvalue weighted by Crippen LogP contribution is 2.16. The Bertz CT molecular complexity index is 406. The summed E-state index contributed by atoms with van der Waals surface area (Å²) in [5, 5.41) is 4.91. The molecule has 0 N–H and O–H groups in total. The van der Waals surface area contributed by atoms with E-state index in [1.165, 1.54) is 6.07 Å². The zero-order valence-corrected chi connectivity index (χ0v) is 6.79. The van der Waals surface area contributed by atoms with Crippen molar-refractivity contribution in [3.05, 3.63) is 30.2 Å². The summed E-state index contributed by atoms with van der Waals surface area (Å²) in [6, 6.07) is 5.01. The molecule has 0 spiro atoms. The molecular weight excluding hydrogens is 155 g/mol. The van der Waals surface area contributed by atoms with Crippen molar-refractivity contribution >= 4 is 10.9 Å². The number of aromatic nitrogens is 2. The summed E-state index contributed by atoms with van der Waals surface area (Å²) < 4.78 is 14.9. The molecule has 0 unspecified atom stereocenters. The normalized spacial score (nSPS) is 10.8. The van der Waals surface area contributed by atoms with Gasteiger partial charge in [0.15, 0.2) is 0 Å². The van der Waals surface area contributed by atoms with E-state index in [1.54, 1.807) is 16.9 Å². The second-order valence-electron chi connectivity index (χ2n) is 2.64. The molecule has 0 atom stereocenters. The number of rotatable bonds is 1. The molecule has 2 rings (SSSR count). The predicted octanol–water partition coefficient (Wildman–Crippen LogP) is 2.20. The van der Waals surface area contributed by atoms with Gasteiger partial charge in [0.1, 0.15) is 11.3 Å². The molecule has 0 amide bonds. The smallest absolute Gasteiger partial charge is 0.149 e. The van der Waals surface area contributed by atoms with E-state index in [9.17, 15) is 4.39 Å². The molecule has 0 saturated carbocycles. The van der Waals surface area contributed by atoms with Crippen molar-refractivity contribution < 1.29 is 4.39 Å². The highest BCUT2D eigenvalue weighted by molar-refractivity contribution is 5.78. The first kappa shape index (κ1) is 7.28. The van der Waals surface area contributed by atoms with Crippen molar-refractivity contribution in [3.8, 4) is 0 Å². The number of hydrogen-bond donors (Lipinski definition) is 0. The number of hydrogen-bond acceptors (Lipinski definition) is 1. The average Bonchev–Trinajstić information content (AvgIpc) is 2.49. The van der Waals surface area contributed by atoms with Crippen LogP contribution < -0.4 is 0 Å². The lowest BCUT2D eigenvalue weighted by molar-refractivity contribution is 0.610. The van der Waals surface area contributed by atoms with Crippen molar-refractivity contribution in [1.82, 2.24) is 9.78 Å². The predicted molar refractivity (Wildman–Crippen MR) is 45.4 cm³/mol. The van der Waals surface area contributed by atoms with E-state index in [4.69, 9.17) is 0 Å². The summed E-state index contributed by atoms with van der Waals surface area (Å²) in [7, 11) is 0. The number of halogens is 1. The monoisotopic (exact) mass is 164 g/mol. The van der Waals surface area contributed by atoms with Crippen LogP contribution >= 0.6 is 0 Å². The first-order chi connectivity index (χ1) is 5.83. The van der Waals surface area contributed by atoms with E-state index >= 15 is 0 Å². The van der Waals surface area contributed by atoms with E-state index in [2.05, 4.69) is 5.10 Å². The van der Waals surface area contributed by atoms with Gasteiger partial charge in [-0.05, 0) is 13.0 Å². The van der Waals surface area contributed by atoms with Crippen LogP contribution in [-0.4, -0.2) is 9.78 Å². The van der Waals surface area contributed by atoms with Gasteiger partial charge in [0.2, 0.25) is 0 Å². The minimum absolute atomic E-state index is 0.202. The van der Waals surface area contributed by atoms with Gasteiger partial charge >= 0.3 is 0 Å². The van der Waals surface area contributed by atoms with Gasteiger partial charge in [-0.15, -0.1) is 0 Å². The summed E-state index contributed by atoms with van der Waals surface area (Å²) in [6.45, 7) is 2.64. The van der Waals surface area contributed by atoms with E-state index in [0.29, 0.717) is 12.1 Å². The van der Waals surface area contributed by atoms with Crippen LogP contribution in [0.1, 0.15) is 6.92 Å². The van der Waals surface area contributed by atoms with Gasteiger partial charge in [-0.1, -0.05) is 12.1 Å². The fraction of sp³-hybridized carbons (Fsp3) is 0.222. The lowest BCUT2D eigenvalue weighted by atomic mass is 10.2. The standard InChI is InChI=1S/C9H9FN2/c1-2-12-9-7(6-11-12)4-3-5-8(9)10/h3-6H,2H2,1H3. The molecule has 0 aliphatic rings. The van der Waals surface area contributed by atoms with E-state index in [0.717, 1.165) is 5.39 Å². The van der Waals surface area contributed by atoms with Crippen LogP contribution in [0.25, 0.3) is 10.9 Å². The van der Waals surface area contributed by atoms with Crippen molar-refractivity contribution in [2.45, 2.75) is 13.5 Å². The molecule has 0 radical (unpaired) electrons. The molecule has 1 aromatic heterocycles. The minimum Gasteiger partial charge on any atom is -0.262 e. The minimum atomic E-state index is -0.202. The molecule has 3 heteroatoms. The molecular formula is C9H9FN2. The molecule has 0 aliphatic carbocycles. The molecule has 2 nitrogen and oxygen atoms in total. The van der Waals surface area contributed by atoms with Gasteiger partial charge in [0, 0.05) is 11.9 Å². The molecule has 2 aromatic rings. The first-order valence-electron chi connectivity index (χ1n) is 3.93. The van der Waals surface area contributed by atoms with Crippen molar-refractivity contribution in [3.63, 3.8) is 0 Å². The molecule has 12 heavy (non-hydrogen) atoms. The van der Waals surface area contributed by atoms with Gasteiger partial charge < -0.3 is 0 Å². The van der Waals surface area contributed by atoms with E-state index in [-0.39, 0.29) is 5.82 Å². The van der Waals surface area contributed by atoms with Crippen LogP contribution in [0.15, 0.2) is 24.4 Å². The second-order valence-corrected chi connectivity index (χ2v) is 2.64. The number of para-hydroxylation sites is 1. The maximum Gasteiger partial charge on any atom is 0.149 e. The first-order valence-corrected chi connectivity index (χ1v) is 3.93. The average molecular weight is 164 g/mol. The maximum absolute atomic E-state index is 13.2. The third kappa shape index (κ3) is 0.897. The van der Waals surface area contributed by atoms with Crippen molar-refractivity contribution in [2.75, 3.05) is 0 Å². The Labute approximate surface area is 69.6 Å². The summed E-state index contributed by atoms with van der Waals surface area (Å²) in [5.74, 6) is -0.202. The van der Waals surface area contributed by atoms with E-state index < -0.39 is 0 Å². The Kier molecular flexibility index (Phi) is 1.57. The van der Waals surface area contributed by atoms with Gasteiger partial charge in [0.05, 0.1) is 6.20 Å². The number of aryl methyl sites for hydroxylation is 1. The third-order valence-corrected chi connectivity index (χ3v) is 1.91. The van der Waals surface area contributed by atoms with Gasteiger partial charge in [-0.25, -0.2) is 4.39 Å². The van der Waals surface area contributed by atoms with Crippen LogP contribution in [0.5, 0.6) is 0 Å². The third-order valence-electron chi connectivity index (χ3n) is 1.91. The van der Waals surface area contributed by atoms with Crippen molar-refractivity contribution in [2.24, 2.45) is 0 Å². The van der Waals surface area contributed by atoms with Gasteiger partial charge in [-0.3, -0.25) is 4.68 Å². The summed E-state index contributed by atoms with van der Waals surface area (Å²) in [4.78, 5) is 0. The van der Waals surface area contributed by atoms with Gasteiger partial charge in [-0.2, -0.15) is 5.10 Å². The molecule has 1 heterocycles. The largest absolute Gasteiger partial charge is 0.262 e. The van der Waals surface area contributed by atoms with Crippen LogP contribution in [-0.2, 0) is 6.54 Å². The molecule has 0 bridgehead atoms. The molecule has 1 aromatic carbocycles. The summed E-state index contributed by atoms with van der Waals surface area (Å²) >= 11 is 0. The Morgan fingerprint density at radius 1 is 1.50 bits per heavy atom. The highest BCUT2D eigenvalue weighted by Gasteiger charge is 2.04. The fourth-order valence-corrected chi connectivity index (χ4v) is 1.34. The highest BCUT2D eigenvalue weighted by atomic mass is 19.1. The topological polar surface area (TPSA) is 17.8 Å². The van der Waals surface area contributed by atoms with Crippen LogP contribution in [0.4, 0.5) is 4.39 Å². The molecule has 0 fully saturated rings. The lowest BCUT2D eigenvalue weighted by Gasteiger charge is -1.98. The Morgan fingerprint density at radius 2 is 2.33 bits per heavy atom. The Hall–Kier alpha value is -1.38. The molecule has 0 aliphatic heterocycles. The fourth-order valence-electron chi connectivity index (χ4n) is 1.34. The van der Waals surface area contributed by atoms with E-state index in [1.807, 2.05) is 13.0 Å². The van der Waals surface area contributed by atoms with Crippen LogP contribution in [0.2, 0.25) is 0 Å². The SMILES string of the molecule is CCn1ncc2cccc(F)c21. The molecule has 62 valence electrons. The number of benzene rings is 1. The van der Waals surface area contributed by atoms with Gasteiger partial charge in [0.25, 0.3) is 0 Å². The van der Waals surface area contributed by atoms with Crippen molar-refractivity contribution in [1.29, 1.82) is 0 Å². The Balaban J connectivity index is 2.83. The summed E-state index contributed by atoms with van der Waals surface area (Å²) in [6.07, 6.45) is 1.68. The molecule has 0 saturated heterocycles. The zero-order chi connectivity index (χ0) is 8.55. The summed E-state index contributed by atoms with van der Waals surface area (Å²) in [5.41, 5.74) is 0.597. The number of fused-ring (bicyclic) bond motifs is 1. The maximum atomic E-state index is 13.2. The zero-order valence-electron chi connectivity index (χ0n) is 6.79. The quantitative estimate of drug-likeness (QED) is 0.631. The number of nitrogens with zero attached hydrogens (tertiary/aromatic N) is 2. The van der Waals surface area contributed by atoms with Crippen LogP contribution in [0, 0.1) is 5.82 Å². The van der Waals surface area contributed by atoms with Crippen LogP contribution in [0.3, 0.4) is 0 Å².